The number of rotatable bonds is 5. The molecule has 0 bridgehead atoms. The number of benzene rings is 1. The molecule has 110 valence electrons. The molecule has 0 aliphatic carbocycles. The van der Waals surface area contributed by atoms with Gasteiger partial charge in [-0.2, -0.15) is 0 Å². The van der Waals surface area contributed by atoms with E-state index in [1.54, 1.807) is 11.3 Å². The van der Waals surface area contributed by atoms with Crippen LogP contribution >= 0.6 is 11.3 Å². The van der Waals surface area contributed by atoms with Crippen LogP contribution in [0.5, 0.6) is 0 Å². The van der Waals surface area contributed by atoms with Gasteiger partial charge in [-0.05, 0) is 30.7 Å². The molecule has 1 amide bonds. The molecule has 1 aromatic heterocycles. The van der Waals surface area contributed by atoms with Crippen LogP contribution in [0.1, 0.15) is 27.0 Å². The zero-order chi connectivity index (χ0) is 15.4. The summed E-state index contributed by atoms with van der Waals surface area (Å²) in [6.45, 7) is 2.51. The maximum absolute atomic E-state index is 12.0. The molecule has 21 heavy (non-hydrogen) atoms. The van der Waals surface area contributed by atoms with E-state index in [-0.39, 0.29) is 17.3 Å². The van der Waals surface area contributed by atoms with Crippen molar-refractivity contribution in [2.75, 3.05) is 5.73 Å². The Hall–Kier alpha value is -2.41. The van der Waals surface area contributed by atoms with E-state index in [4.69, 9.17) is 5.73 Å². The van der Waals surface area contributed by atoms with Crippen molar-refractivity contribution in [3.8, 4) is 0 Å². The van der Waals surface area contributed by atoms with Gasteiger partial charge in [0.25, 0.3) is 11.6 Å². The van der Waals surface area contributed by atoms with Crippen molar-refractivity contribution in [3.63, 3.8) is 0 Å². The maximum atomic E-state index is 12.0. The van der Waals surface area contributed by atoms with Crippen molar-refractivity contribution >= 4 is 28.6 Å². The van der Waals surface area contributed by atoms with E-state index in [1.165, 1.54) is 23.1 Å². The van der Waals surface area contributed by atoms with E-state index in [2.05, 4.69) is 12.2 Å². The monoisotopic (exact) mass is 305 g/mol. The average Bonchev–Trinajstić information content (AvgIpc) is 2.92. The average molecular weight is 305 g/mol. The van der Waals surface area contributed by atoms with Crippen LogP contribution in [0.15, 0.2) is 30.3 Å². The summed E-state index contributed by atoms with van der Waals surface area (Å²) in [5.74, 6) is -0.303. The summed E-state index contributed by atoms with van der Waals surface area (Å²) in [6.07, 6.45) is 0.970. The van der Waals surface area contributed by atoms with Gasteiger partial charge in [-0.1, -0.05) is 6.92 Å². The SMILES string of the molecule is CCc1ccc(CNC(=O)c2ccc([N+](=O)[O-])c(N)c2)s1. The van der Waals surface area contributed by atoms with Crippen LogP contribution in [-0.4, -0.2) is 10.8 Å². The number of amides is 1. The van der Waals surface area contributed by atoms with Gasteiger partial charge in [-0.15, -0.1) is 11.3 Å². The van der Waals surface area contributed by atoms with Crippen LogP contribution in [0.2, 0.25) is 0 Å². The fourth-order valence-electron chi connectivity index (χ4n) is 1.84. The summed E-state index contributed by atoms with van der Waals surface area (Å²) in [5, 5.41) is 13.4. The van der Waals surface area contributed by atoms with Gasteiger partial charge in [0, 0.05) is 21.4 Å². The minimum Gasteiger partial charge on any atom is -0.393 e. The molecule has 1 heterocycles. The second kappa shape index (κ2) is 6.36. The molecule has 2 aromatic rings. The molecular weight excluding hydrogens is 290 g/mol. The Kier molecular flexibility index (Phi) is 4.54. The lowest BCUT2D eigenvalue weighted by Crippen LogP contribution is -2.22. The molecule has 0 spiro atoms. The van der Waals surface area contributed by atoms with Crippen molar-refractivity contribution in [1.29, 1.82) is 0 Å². The summed E-state index contributed by atoms with van der Waals surface area (Å²) in [5.41, 5.74) is 5.67. The third kappa shape index (κ3) is 3.57. The Morgan fingerprint density at radius 2 is 2.05 bits per heavy atom. The van der Waals surface area contributed by atoms with Gasteiger partial charge in [0.1, 0.15) is 5.69 Å². The van der Waals surface area contributed by atoms with E-state index < -0.39 is 4.92 Å². The van der Waals surface area contributed by atoms with Crippen molar-refractivity contribution in [1.82, 2.24) is 5.32 Å². The van der Waals surface area contributed by atoms with Crippen molar-refractivity contribution in [2.45, 2.75) is 19.9 Å². The number of nitrogens with zero attached hydrogens (tertiary/aromatic N) is 1. The zero-order valence-corrected chi connectivity index (χ0v) is 12.3. The van der Waals surface area contributed by atoms with Crippen molar-refractivity contribution in [2.24, 2.45) is 0 Å². The van der Waals surface area contributed by atoms with Gasteiger partial charge in [0.2, 0.25) is 0 Å². The second-order valence-corrected chi connectivity index (χ2v) is 5.69. The number of carbonyl (C=O) groups excluding carboxylic acids is 1. The molecule has 0 saturated carbocycles. The Morgan fingerprint density at radius 3 is 2.62 bits per heavy atom. The molecule has 3 N–H and O–H groups in total. The Morgan fingerprint density at radius 1 is 1.33 bits per heavy atom. The second-order valence-electron chi connectivity index (χ2n) is 4.43. The van der Waals surface area contributed by atoms with Gasteiger partial charge in [0.15, 0.2) is 0 Å². The maximum Gasteiger partial charge on any atom is 0.292 e. The van der Waals surface area contributed by atoms with E-state index in [0.29, 0.717) is 12.1 Å². The predicted octanol–water partition coefficient (Wildman–Crippen LogP) is 2.73. The van der Waals surface area contributed by atoms with Crippen molar-refractivity contribution < 1.29 is 9.72 Å². The molecule has 6 nitrogen and oxygen atoms in total. The van der Waals surface area contributed by atoms with Crippen LogP contribution in [0.4, 0.5) is 11.4 Å². The lowest BCUT2D eigenvalue weighted by molar-refractivity contribution is -0.383. The van der Waals surface area contributed by atoms with Crippen LogP contribution in [0.3, 0.4) is 0 Å². The molecule has 0 atom stereocenters. The zero-order valence-electron chi connectivity index (χ0n) is 11.5. The summed E-state index contributed by atoms with van der Waals surface area (Å²) in [6, 6.07) is 7.98. The summed E-state index contributed by atoms with van der Waals surface area (Å²) in [7, 11) is 0. The molecule has 2 rings (SSSR count). The van der Waals surface area contributed by atoms with Crippen LogP contribution in [0.25, 0.3) is 0 Å². The minimum atomic E-state index is -0.574. The first kappa shape index (κ1) is 15.0. The molecular formula is C14H15N3O3S. The number of nitrogen functional groups attached to an aromatic ring is 1. The fourth-order valence-corrected chi connectivity index (χ4v) is 2.74. The van der Waals surface area contributed by atoms with E-state index in [9.17, 15) is 14.9 Å². The van der Waals surface area contributed by atoms with Crippen molar-refractivity contribution in [3.05, 3.63) is 55.8 Å². The molecule has 0 unspecified atom stereocenters. The molecule has 1 aromatic carbocycles. The third-order valence-electron chi connectivity index (χ3n) is 2.98. The molecule has 0 saturated heterocycles. The number of nitrogens with two attached hydrogens (primary N) is 1. The number of nitro groups is 1. The highest BCUT2D eigenvalue weighted by Gasteiger charge is 2.14. The number of hydrogen-bond donors (Lipinski definition) is 2. The minimum absolute atomic E-state index is 0.0166. The van der Waals surface area contributed by atoms with E-state index >= 15 is 0 Å². The Bertz CT molecular complexity index is 682. The molecule has 0 fully saturated rings. The number of thiophene rings is 1. The molecule has 7 heteroatoms. The number of nitro benzene ring substituents is 1. The summed E-state index contributed by atoms with van der Waals surface area (Å²) in [4.78, 5) is 24.4. The van der Waals surface area contributed by atoms with Gasteiger partial charge in [-0.3, -0.25) is 14.9 Å². The highest BCUT2D eigenvalue weighted by molar-refractivity contribution is 7.11. The lowest BCUT2D eigenvalue weighted by Gasteiger charge is -2.05. The highest BCUT2D eigenvalue weighted by atomic mass is 32.1. The topological polar surface area (TPSA) is 98.3 Å². The predicted molar refractivity (Wildman–Crippen MR) is 82.4 cm³/mol. The van der Waals surface area contributed by atoms with Crippen LogP contribution in [-0.2, 0) is 13.0 Å². The number of anilines is 1. The van der Waals surface area contributed by atoms with E-state index in [1.807, 2.05) is 12.1 Å². The molecule has 0 aliphatic heterocycles. The quantitative estimate of drug-likeness (QED) is 0.504. The van der Waals surface area contributed by atoms with Gasteiger partial charge >= 0.3 is 0 Å². The first-order valence-electron chi connectivity index (χ1n) is 6.41. The number of carbonyl (C=O) groups is 1. The summed E-state index contributed by atoms with van der Waals surface area (Å²) >= 11 is 1.65. The van der Waals surface area contributed by atoms with Crippen LogP contribution in [0, 0.1) is 10.1 Å². The van der Waals surface area contributed by atoms with E-state index in [0.717, 1.165) is 11.3 Å². The number of hydrogen-bond acceptors (Lipinski definition) is 5. The van der Waals surface area contributed by atoms with Crippen LogP contribution < -0.4 is 11.1 Å². The first-order chi connectivity index (χ1) is 10.0. The molecule has 0 radical (unpaired) electrons. The lowest BCUT2D eigenvalue weighted by atomic mass is 10.1. The van der Waals surface area contributed by atoms with Gasteiger partial charge in [0.05, 0.1) is 11.5 Å². The Labute approximate surface area is 125 Å². The number of aryl methyl sites for hydroxylation is 1. The fraction of sp³-hybridized carbons (Fsp3) is 0.214. The molecule has 0 aliphatic rings. The highest BCUT2D eigenvalue weighted by Crippen LogP contribution is 2.22. The van der Waals surface area contributed by atoms with Gasteiger partial charge < -0.3 is 11.1 Å². The Balaban J connectivity index is 2.03. The summed E-state index contributed by atoms with van der Waals surface area (Å²) < 4.78 is 0. The largest absolute Gasteiger partial charge is 0.393 e. The smallest absolute Gasteiger partial charge is 0.292 e. The normalized spacial score (nSPS) is 10.3. The third-order valence-corrected chi connectivity index (χ3v) is 4.20. The van der Waals surface area contributed by atoms with Gasteiger partial charge in [-0.25, -0.2) is 0 Å². The first-order valence-corrected chi connectivity index (χ1v) is 7.22. The number of nitrogens with one attached hydrogen (secondary N) is 1. The standard InChI is InChI=1S/C14H15N3O3S/c1-2-10-4-5-11(21-10)8-16-14(18)9-3-6-13(17(19)20)12(15)7-9/h3-7H,2,8,15H2,1H3,(H,16,18).